The van der Waals surface area contributed by atoms with Crippen molar-refractivity contribution in [1.82, 2.24) is 10.6 Å². The maximum Gasteiger partial charge on any atom is 0.190 e. The van der Waals surface area contributed by atoms with E-state index in [4.69, 9.17) is 11.6 Å². The third-order valence-electron chi connectivity index (χ3n) is 2.80. The van der Waals surface area contributed by atoms with Crippen molar-refractivity contribution in [2.24, 2.45) is 4.99 Å². The number of sulfone groups is 1. The summed E-state index contributed by atoms with van der Waals surface area (Å²) in [5.41, 5.74) is 1.16. The number of benzene rings is 1. The molecule has 0 aromatic heterocycles. The van der Waals surface area contributed by atoms with Crippen LogP contribution in [-0.4, -0.2) is 46.5 Å². The van der Waals surface area contributed by atoms with E-state index in [-0.39, 0.29) is 5.75 Å². The Hall–Kier alpha value is -1.27. The predicted molar refractivity (Wildman–Crippen MR) is 88.8 cm³/mol. The SMILES string of the molecule is CN=C(NCCCS(C)(=O)=O)NCCc1cccc(Cl)c1. The van der Waals surface area contributed by atoms with Crippen molar-refractivity contribution < 1.29 is 8.42 Å². The Labute approximate surface area is 131 Å². The van der Waals surface area contributed by atoms with Crippen molar-refractivity contribution in [3.63, 3.8) is 0 Å². The van der Waals surface area contributed by atoms with Gasteiger partial charge in [0, 0.05) is 31.4 Å². The molecule has 0 spiro atoms. The summed E-state index contributed by atoms with van der Waals surface area (Å²) >= 11 is 5.93. The molecule has 0 amide bonds. The molecule has 1 aromatic rings. The van der Waals surface area contributed by atoms with Crippen LogP contribution in [0.3, 0.4) is 0 Å². The normalized spacial score (nSPS) is 12.2. The van der Waals surface area contributed by atoms with Gasteiger partial charge in [0.25, 0.3) is 0 Å². The van der Waals surface area contributed by atoms with Crippen LogP contribution in [0.1, 0.15) is 12.0 Å². The first kappa shape index (κ1) is 17.8. The molecule has 7 heteroatoms. The lowest BCUT2D eigenvalue weighted by atomic mass is 10.1. The maximum atomic E-state index is 11.0. The molecule has 0 fully saturated rings. The van der Waals surface area contributed by atoms with E-state index in [1.165, 1.54) is 6.26 Å². The second-order valence-electron chi connectivity index (χ2n) is 4.79. The zero-order chi connectivity index (χ0) is 15.7. The van der Waals surface area contributed by atoms with Crippen LogP contribution in [0.5, 0.6) is 0 Å². The molecule has 0 aliphatic heterocycles. The van der Waals surface area contributed by atoms with Crippen LogP contribution >= 0.6 is 11.6 Å². The number of nitrogens with zero attached hydrogens (tertiary/aromatic N) is 1. The topological polar surface area (TPSA) is 70.6 Å². The van der Waals surface area contributed by atoms with E-state index in [9.17, 15) is 8.42 Å². The van der Waals surface area contributed by atoms with Crippen LogP contribution in [0.15, 0.2) is 29.3 Å². The summed E-state index contributed by atoms with van der Waals surface area (Å²) < 4.78 is 22.0. The van der Waals surface area contributed by atoms with Crippen LogP contribution in [0, 0.1) is 0 Å². The molecule has 5 nitrogen and oxygen atoms in total. The molecule has 0 heterocycles. The number of nitrogens with one attached hydrogen (secondary N) is 2. The first-order valence-electron chi connectivity index (χ1n) is 6.77. The summed E-state index contributed by atoms with van der Waals surface area (Å²) in [6.45, 7) is 1.30. The summed E-state index contributed by atoms with van der Waals surface area (Å²) in [6.07, 6.45) is 2.64. The average molecular weight is 332 g/mol. The molecule has 1 aromatic carbocycles. The fourth-order valence-electron chi connectivity index (χ4n) is 1.78. The molecule has 0 bridgehead atoms. The van der Waals surface area contributed by atoms with Gasteiger partial charge in [0.05, 0.1) is 5.75 Å². The van der Waals surface area contributed by atoms with Gasteiger partial charge in [-0.3, -0.25) is 4.99 Å². The van der Waals surface area contributed by atoms with Gasteiger partial charge in [-0.05, 0) is 30.5 Å². The molecule has 1 rings (SSSR count). The van der Waals surface area contributed by atoms with Gasteiger partial charge in [-0.25, -0.2) is 8.42 Å². The van der Waals surface area contributed by atoms with Gasteiger partial charge in [0.15, 0.2) is 5.96 Å². The Kier molecular flexibility index (Phi) is 7.53. The fourth-order valence-corrected chi connectivity index (χ4v) is 2.66. The van der Waals surface area contributed by atoms with E-state index in [1.54, 1.807) is 7.05 Å². The summed E-state index contributed by atoms with van der Waals surface area (Å²) in [5, 5.41) is 7.00. The molecule has 21 heavy (non-hydrogen) atoms. The lowest BCUT2D eigenvalue weighted by molar-refractivity contribution is 0.598. The van der Waals surface area contributed by atoms with Gasteiger partial charge >= 0.3 is 0 Å². The Bertz CT molecular complexity index is 573. The summed E-state index contributed by atoms with van der Waals surface area (Å²) in [7, 11) is -1.21. The van der Waals surface area contributed by atoms with Crippen LogP contribution in [0.25, 0.3) is 0 Å². The Morgan fingerprint density at radius 3 is 2.62 bits per heavy atom. The van der Waals surface area contributed by atoms with E-state index >= 15 is 0 Å². The number of aliphatic imine (C=N–C) groups is 1. The van der Waals surface area contributed by atoms with Crippen molar-refractivity contribution in [3.8, 4) is 0 Å². The van der Waals surface area contributed by atoms with Gasteiger partial charge < -0.3 is 10.6 Å². The second kappa shape index (κ2) is 8.89. The lowest BCUT2D eigenvalue weighted by Gasteiger charge is -2.11. The zero-order valence-electron chi connectivity index (χ0n) is 12.4. The third kappa shape index (κ3) is 8.57. The number of guanidine groups is 1. The number of rotatable bonds is 7. The molecule has 0 aliphatic rings. The summed E-state index contributed by atoms with van der Waals surface area (Å²) in [5.74, 6) is 0.852. The van der Waals surface area contributed by atoms with Gasteiger partial charge in [-0.15, -0.1) is 0 Å². The minimum atomic E-state index is -2.90. The largest absolute Gasteiger partial charge is 0.356 e. The van der Waals surface area contributed by atoms with E-state index in [1.807, 2.05) is 24.3 Å². The van der Waals surface area contributed by atoms with Crippen LogP contribution in [-0.2, 0) is 16.3 Å². The van der Waals surface area contributed by atoms with Gasteiger partial charge in [0.1, 0.15) is 9.84 Å². The lowest BCUT2D eigenvalue weighted by Crippen LogP contribution is -2.39. The van der Waals surface area contributed by atoms with E-state index in [0.717, 1.165) is 23.6 Å². The highest BCUT2D eigenvalue weighted by molar-refractivity contribution is 7.90. The summed E-state index contributed by atoms with van der Waals surface area (Å²) in [6, 6.07) is 7.73. The molecule has 0 saturated carbocycles. The van der Waals surface area contributed by atoms with Crippen LogP contribution in [0.4, 0.5) is 0 Å². The number of hydrogen-bond donors (Lipinski definition) is 2. The molecule has 0 aliphatic carbocycles. The highest BCUT2D eigenvalue weighted by Gasteiger charge is 2.02. The fraction of sp³-hybridized carbons (Fsp3) is 0.500. The highest BCUT2D eigenvalue weighted by Crippen LogP contribution is 2.10. The van der Waals surface area contributed by atoms with Crippen molar-refractivity contribution in [2.45, 2.75) is 12.8 Å². The predicted octanol–water partition coefficient (Wildman–Crippen LogP) is 1.48. The minimum Gasteiger partial charge on any atom is -0.356 e. The molecule has 0 radical (unpaired) electrons. The highest BCUT2D eigenvalue weighted by atomic mass is 35.5. The quantitative estimate of drug-likeness (QED) is 0.451. The van der Waals surface area contributed by atoms with Crippen molar-refractivity contribution in [1.29, 1.82) is 0 Å². The Morgan fingerprint density at radius 2 is 2.00 bits per heavy atom. The minimum absolute atomic E-state index is 0.180. The average Bonchev–Trinajstić information content (AvgIpc) is 2.40. The molecule has 2 N–H and O–H groups in total. The Morgan fingerprint density at radius 1 is 1.29 bits per heavy atom. The maximum absolute atomic E-state index is 11.0. The van der Waals surface area contributed by atoms with Gasteiger partial charge in [-0.1, -0.05) is 23.7 Å². The number of hydrogen-bond acceptors (Lipinski definition) is 3. The van der Waals surface area contributed by atoms with E-state index < -0.39 is 9.84 Å². The molecular formula is C14H22ClN3O2S. The third-order valence-corrected chi connectivity index (χ3v) is 4.07. The Balaban J connectivity index is 2.25. The number of halogens is 1. The second-order valence-corrected chi connectivity index (χ2v) is 7.49. The summed E-state index contributed by atoms with van der Waals surface area (Å²) in [4.78, 5) is 4.09. The van der Waals surface area contributed by atoms with Gasteiger partial charge in [0.2, 0.25) is 0 Å². The smallest absolute Gasteiger partial charge is 0.190 e. The zero-order valence-corrected chi connectivity index (χ0v) is 14.0. The standard InChI is InChI=1S/C14H22ClN3O2S/c1-16-14(17-8-4-10-21(2,19)20)18-9-7-12-5-3-6-13(15)11-12/h3,5-6,11H,4,7-10H2,1-2H3,(H2,16,17,18). The first-order valence-corrected chi connectivity index (χ1v) is 9.21. The molecule has 118 valence electrons. The van der Waals surface area contributed by atoms with Crippen molar-refractivity contribution in [2.75, 3.05) is 32.1 Å². The van der Waals surface area contributed by atoms with Crippen LogP contribution < -0.4 is 10.6 Å². The molecule has 0 atom stereocenters. The molecule has 0 saturated heterocycles. The molecular weight excluding hydrogens is 310 g/mol. The monoisotopic (exact) mass is 331 g/mol. The van der Waals surface area contributed by atoms with Gasteiger partial charge in [-0.2, -0.15) is 0 Å². The van der Waals surface area contributed by atoms with E-state index in [0.29, 0.717) is 18.9 Å². The molecule has 0 unspecified atom stereocenters. The van der Waals surface area contributed by atoms with Crippen molar-refractivity contribution >= 4 is 27.4 Å². The van der Waals surface area contributed by atoms with Crippen molar-refractivity contribution in [3.05, 3.63) is 34.9 Å². The van der Waals surface area contributed by atoms with E-state index in [2.05, 4.69) is 15.6 Å². The van der Waals surface area contributed by atoms with Crippen LogP contribution in [0.2, 0.25) is 5.02 Å². The first-order chi connectivity index (χ1) is 9.90.